The van der Waals surface area contributed by atoms with Gasteiger partial charge in [0.1, 0.15) is 59.2 Å². The second kappa shape index (κ2) is 25.6. The summed E-state index contributed by atoms with van der Waals surface area (Å²) in [5.74, 6) is 2.68. The van der Waals surface area contributed by atoms with Crippen LogP contribution in [0.3, 0.4) is 0 Å². The molecule has 7 nitrogen and oxygen atoms in total. The summed E-state index contributed by atoms with van der Waals surface area (Å²) in [4.78, 5) is 17.1. The molecule has 73 heavy (non-hydrogen) atoms. The number of aromatic amines is 1. The van der Waals surface area contributed by atoms with Gasteiger partial charge in [0, 0.05) is 46.5 Å². The Labute approximate surface area is 436 Å². The number of nitrogens with one attached hydrogen (secondary N) is 1. The fourth-order valence-corrected chi connectivity index (χ4v) is 13.5. The minimum atomic E-state index is -6.00. The SMILES string of the molecule is CS(C)=O.F[B-](F)(F)F.Oc1ccccc1-c1nc2c3cccnc3c3ncccc3c2[nH]1.[Cu+].c1ccc([PH+](c2ccccc2)c2ccccc2Oc2ccccc2[PH+](c2ccccc2)c2ccccc2)cc1. The van der Waals surface area contributed by atoms with Crippen LogP contribution in [-0.2, 0) is 27.9 Å². The fourth-order valence-electron chi connectivity index (χ4n) is 8.16. The Morgan fingerprint density at radius 2 is 0.849 bits per heavy atom. The summed E-state index contributed by atoms with van der Waals surface area (Å²) in [5, 5.41) is 19.9. The molecule has 0 atom stereocenters. The maximum Gasteiger partial charge on any atom is 1.00 e. The number of benzene rings is 8. The molecule has 0 saturated heterocycles. The number of phenolic OH excluding ortho intramolecular Hbond substituents is 1. The van der Waals surface area contributed by atoms with E-state index in [-0.39, 0.29) is 22.8 Å². The van der Waals surface area contributed by atoms with Crippen molar-refractivity contribution in [2.24, 2.45) is 0 Å². The van der Waals surface area contributed by atoms with Crippen molar-refractivity contribution in [3.05, 3.63) is 231 Å². The van der Waals surface area contributed by atoms with Crippen molar-refractivity contribution in [1.82, 2.24) is 19.9 Å². The second-order valence-electron chi connectivity index (χ2n) is 16.2. The van der Waals surface area contributed by atoms with Crippen molar-refractivity contribution in [3.63, 3.8) is 0 Å². The third-order valence-corrected chi connectivity index (χ3v) is 16.6. The van der Waals surface area contributed by atoms with E-state index in [1.54, 1.807) is 37.0 Å². The Hall–Kier alpha value is -7.04. The normalized spacial score (nSPS) is 11.0. The molecule has 0 spiro atoms. The van der Waals surface area contributed by atoms with Gasteiger partial charge in [-0.15, -0.1) is 0 Å². The van der Waals surface area contributed by atoms with Gasteiger partial charge in [0.25, 0.3) is 0 Å². The molecule has 0 aliphatic heterocycles. The Morgan fingerprint density at radius 3 is 1.27 bits per heavy atom. The number of aromatic hydroxyl groups is 1. The van der Waals surface area contributed by atoms with Gasteiger partial charge in [-0.05, 0) is 109 Å². The van der Waals surface area contributed by atoms with E-state index in [2.05, 4.69) is 185 Å². The van der Waals surface area contributed by atoms with Crippen LogP contribution < -0.4 is 36.6 Å². The fraction of sp³-hybridized carbons (Fsp3) is 0.0351. The van der Waals surface area contributed by atoms with Crippen molar-refractivity contribution in [1.29, 1.82) is 0 Å². The van der Waals surface area contributed by atoms with Crippen LogP contribution in [0.5, 0.6) is 17.2 Å². The molecule has 0 amide bonds. The zero-order chi connectivity index (χ0) is 50.5. The molecule has 3 heterocycles. The number of ether oxygens (including phenoxy) is 1. The number of rotatable bonds is 9. The summed E-state index contributed by atoms with van der Waals surface area (Å²) in [5.41, 5.74) is 4.07. The van der Waals surface area contributed by atoms with Gasteiger partial charge in [-0.1, -0.05) is 109 Å². The van der Waals surface area contributed by atoms with E-state index in [4.69, 9.17) is 9.72 Å². The van der Waals surface area contributed by atoms with Crippen LogP contribution in [0.15, 0.2) is 231 Å². The first-order chi connectivity index (χ1) is 34.9. The quantitative estimate of drug-likeness (QED) is 0.0646. The maximum atomic E-state index is 10.1. The average molecular weight is 1080 g/mol. The zero-order valence-corrected chi connectivity index (χ0v) is 43.1. The molecule has 0 saturated carbocycles. The molecule has 0 radical (unpaired) electrons. The minimum absolute atomic E-state index is 0. The first-order valence-electron chi connectivity index (χ1n) is 22.7. The Kier molecular flexibility index (Phi) is 18.8. The van der Waals surface area contributed by atoms with Crippen molar-refractivity contribution < 1.29 is 48.4 Å². The summed E-state index contributed by atoms with van der Waals surface area (Å²) < 4.78 is 55.5. The topological polar surface area (TPSA) is 101 Å². The number of H-pyrrole nitrogens is 1. The molecule has 0 bridgehead atoms. The van der Waals surface area contributed by atoms with Crippen molar-refractivity contribution in [2.75, 3.05) is 12.5 Å². The summed E-state index contributed by atoms with van der Waals surface area (Å²) in [6.07, 6.45) is 6.81. The van der Waals surface area contributed by atoms with Gasteiger partial charge in [-0.25, -0.2) is 4.98 Å². The Morgan fingerprint density at radius 1 is 0.493 bits per heavy atom. The van der Waals surface area contributed by atoms with E-state index < -0.39 is 33.9 Å². The van der Waals surface area contributed by atoms with Gasteiger partial charge < -0.3 is 32.1 Å². The monoisotopic (exact) mass is 1080 g/mol. The van der Waals surface area contributed by atoms with E-state index in [0.717, 1.165) is 44.3 Å². The number of imidazole rings is 1. The van der Waals surface area contributed by atoms with Gasteiger partial charge in [-0.2, -0.15) is 0 Å². The average Bonchev–Trinajstić information content (AvgIpc) is 3.85. The molecule has 16 heteroatoms. The molecular weight excluding hydrogens is 1030 g/mol. The predicted molar refractivity (Wildman–Crippen MR) is 297 cm³/mol. The standard InChI is InChI=1S/C36H28OP2.C19H12N4O.C2H6OS.BF4.Cu/c1-5-17-29(18-6-1)38(30-19-7-2-8-20-30)35-27-15-13-25-33(35)37-34-26-14-16-28-36(34)39(31-21-9-3-10-22-31)32-23-11-4-12-24-32;24-14-8-2-1-5-11(14)19-22-17-12-6-3-9-20-15(12)16-13(18(17)23-19)7-4-10-21-16;1-4(2)3;2-1(3,4)5;/h1-28H;1-10,24H,(H,22,23);1-2H3;;/q;;;-1;+1/p+2. The van der Waals surface area contributed by atoms with Crippen LogP contribution in [0.4, 0.5) is 17.3 Å². The number of para-hydroxylation sites is 3. The number of pyridine rings is 2. The largest absolute Gasteiger partial charge is 1.00 e. The van der Waals surface area contributed by atoms with E-state index >= 15 is 0 Å². The molecule has 0 unspecified atom stereocenters. The van der Waals surface area contributed by atoms with Crippen LogP contribution >= 0.6 is 15.8 Å². The number of halogens is 4. The molecule has 0 aliphatic rings. The number of fused-ring (bicyclic) bond motifs is 6. The van der Waals surface area contributed by atoms with Gasteiger partial charge >= 0.3 is 24.3 Å². The number of phenols is 1. The number of hydrogen-bond donors (Lipinski definition) is 2. The molecule has 370 valence electrons. The Balaban J connectivity index is 0.000000194. The van der Waals surface area contributed by atoms with Gasteiger partial charge in [0.15, 0.2) is 11.5 Å². The van der Waals surface area contributed by atoms with Crippen molar-refractivity contribution >= 4 is 98.6 Å². The zero-order valence-electron chi connectivity index (χ0n) is 39.3. The van der Waals surface area contributed by atoms with Gasteiger partial charge in [-0.3, -0.25) is 14.2 Å². The van der Waals surface area contributed by atoms with Gasteiger partial charge in [0.2, 0.25) is 0 Å². The second-order valence-corrected chi connectivity index (χ2v) is 22.5. The maximum absolute atomic E-state index is 10.1. The van der Waals surface area contributed by atoms with Crippen LogP contribution in [0.2, 0.25) is 0 Å². The molecule has 11 aromatic rings. The number of aromatic nitrogens is 4. The van der Waals surface area contributed by atoms with E-state index in [1.807, 2.05) is 36.4 Å². The minimum Gasteiger partial charge on any atom is -0.507 e. The van der Waals surface area contributed by atoms with E-state index in [9.17, 15) is 26.6 Å². The molecule has 3 aromatic heterocycles. The number of nitrogens with zero attached hydrogens (tertiary/aromatic N) is 3. The van der Waals surface area contributed by atoms with Crippen LogP contribution in [0.25, 0.3) is 44.2 Å². The molecular formula is C57H48BCuF4N4O3P2S+2. The summed E-state index contributed by atoms with van der Waals surface area (Å²) >= 11 is 0. The summed E-state index contributed by atoms with van der Waals surface area (Å²) in [6, 6.07) is 75.5. The van der Waals surface area contributed by atoms with Gasteiger partial charge in [0.05, 0.1) is 27.6 Å². The molecule has 11 rings (SSSR count). The Bertz CT molecular complexity index is 3270. The molecule has 0 fully saturated rings. The van der Waals surface area contributed by atoms with Crippen LogP contribution in [0.1, 0.15) is 0 Å². The van der Waals surface area contributed by atoms with Crippen LogP contribution in [-0.4, -0.2) is 49.0 Å². The third-order valence-electron chi connectivity index (χ3n) is 11.0. The first kappa shape index (κ1) is 53.8. The smallest absolute Gasteiger partial charge is 0.507 e. The first-order valence-corrected chi connectivity index (χ1v) is 27.7. The summed E-state index contributed by atoms with van der Waals surface area (Å²) in [7, 11) is -9.17. The van der Waals surface area contributed by atoms with E-state index in [0.29, 0.717) is 11.4 Å². The van der Waals surface area contributed by atoms with Crippen molar-refractivity contribution in [3.8, 4) is 28.6 Å². The summed E-state index contributed by atoms with van der Waals surface area (Å²) in [6.45, 7) is 0. The molecule has 0 aliphatic carbocycles. The van der Waals surface area contributed by atoms with Crippen LogP contribution in [0, 0.1) is 0 Å². The van der Waals surface area contributed by atoms with Crippen molar-refractivity contribution in [2.45, 2.75) is 0 Å². The third kappa shape index (κ3) is 13.9. The van der Waals surface area contributed by atoms with E-state index in [1.165, 1.54) is 31.8 Å². The number of hydrogen-bond acceptors (Lipinski definition) is 6. The predicted octanol–water partition coefficient (Wildman–Crippen LogP) is 11.8. The molecule has 8 aromatic carbocycles. The molecule has 2 N–H and O–H groups in total.